The van der Waals surface area contributed by atoms with Crippen LogP contribution in [0, 0.1) is 0 Å². The number of rotatable bonds is 4. The molecule has 0 aromatic heterocycles. The highest BCUT2D eigenvalue weighted by atomic mass is 32.2. The van der Waals surface area contributed by atoms with Gasteiger partial charge in [-0.05, 0) is 30.2 Å². The summed E-state index contributed by atoms with van der Waals surface area (Å²) in [5.74, 6) is 0.217. The number of nitrogens with zero attached hydrogens (tertiary/aromatic N) is 2. The van der Waals surface area contributed by atoms with Crippen LogP contribution < -0.4 is 0 Å². The Morgan fingerprint density at radius 1 is 1.33 bits per heavy atom. The summed E-state index contributed by atoms with van der Waals surface area (Å²) in [6.07, 6.45) is 9.23. The third kappa shape index (κ3) is 3.33. The van der Waals surface area contributed by atoms with E-state index in [2.05, 4.69) is 4.40 Å². The summed E-state index contributed by atoms with van der Waals surface area (Å²) < 4.78 is 40.7. The summed E-state index contributed by atoms with van der Waals surface area (Å²) in [5, 5.41) is 0. The predicted octanol–water partition coefficient (Wildman–Crippen LogP) is 3.27. The van der Waals surface area contributed by atoms with Gasteiger partial charge in [0.25, 0.3) is 10.0 Å². The van der Waals surface area contributed by atoms with Crippen molar-refractivity contribution >= 4 is 21.4 Å². The molecule has 2 aliphatic heterocycles. The van der Waals surface area contributed by atoms with Gasteiger partial charge in [-0.15, -0.1) is 4.40 Å². The second-order valence-corrected chi connectivity index (χ2v) is 7.48. The summed E-state index contributed by atoms with van der Waals surface area (Å²) >= 11 is 0. The van der Waals surface area contributed by atoms with Gasteiger partial charge in [-0.3, -0.25) is 4.39 Å². The number of hydrogen-bond donors (Lipinski definition) is 0. The normalized spacial score (nSPS) is 20.5. The lowest BCUT2D eigenvalue weighted by Crippen LogP contribution is -2.37. The Kier molecular flexibility index (Phi) is 4.66. The van der Waals surface area contributed by atoms with E-state index in [9.17, 15) is 12.8 Å². The molecule has 0 N–H and O–H groups in total. The Labute approximate surface area is 141 Å². The summed E-state index contributed by atoms with van der Waals surface area (Å²) in [6.45, 7) is 1.82. The van der Waals surface area contributed by atoms with Crippen molar-refractivity contribution in [2.24, 2.45) is 4.40 Å². The largest absolute Gasteiger partial charge is 0.331 e. The fourth-order valence-corrected chi connectivity index (χ4v) is 3.82. The SMILES string of the molecule is C/C=C\C(CF)c1ccc(C2=CC=CN3CCS(=O)(=O)N=C23)cc1. The van der Waals surface area contributed by atoms with Crippen LogP contribution in [-0.2, 0) is 10.0 Å². The Hall–Kier alpha value is -2.21. The smallest absolute Gasteiger partial charge is 0.256 e. The average molecular weight is 346 g/mol. The van der Waals surface area contributed by atoms with Crippen LogP contribution in [-0.4, -0.2) is 38.1 Å². The van der Waals surface area contributed by atoms with Gasteiger partial charge in [-0.25, -0.2) is 8.42 Å². The fraction of sp³-hybridized carbons (Fsp3) is 0.278. The van der Waals surface area contributed by atoms with Gasteiger partial charge >= 0.3 is 0 Å². The van der Waals surface area contributed by atoms with Crippen molar-refractivity contribution in [1.29, 1.82) is 0 Å². The molecule has 24 heavy (non-hydrogen) atoms. The van der Waals surface area contributed by atoms with E-state index in [0.29, 0.717) is 12.4 Å². The quantitative estimate of drug-likeness (QED) is 0.786. The number of hydrogen-bond acceptors (Lipinski definition) is 3. The molecule has 4 nitrogen and oxygen atoms in total. The molecule has 1 aromatic carbocycles. The summed E-state index contributed by atoms with van der Waals surface area (Å²) in [4.78, 5) is 1.84. The molecule has 0 bridgehead atoms. The topological polar surface area (TPSA) is 49.7 Å². The molecule has 2 aliphatic rings. The average Bonchev–Trinajstić information content (AvgIpc) is 2.59. The van der Waals surface area contributed by atoms with Crippen LogP contribution in [0.3, 0.4) is 0 Å². The molecular formula is C18H19FN2O2S. The molecule has 0 spiro atoms. The maximum atomic E-state index is 13.1. The molecule has 0 saturated heterocycles. The van der Waals surface area contributed by atoms with Gasteiger partial charge in [0, 0.05) is 24.2 Å². The van der Waals surface area contributed by atoms with E-state index >= 15 is 0 Å². The minimum Gasteiger partial charge on any atom is -0.331 e. The maximum Gasteiger partial charge on any atom is 0.256 e. The van der Waals surface area contributed by atoms with E-state index in [-0.39, 0.29) is 11.7 Å². The van der Waals surface area contributed by atoms with Crippen molar-refractivity contribution in [2.45, 2.75) is 12.8 Å². The standard InChI is InChI=1S/C18H19FN2O2S/c1-2-4-16(13-19)14-6-8-15(9-7-14)17-5-3-10-21-11-12-24(22,23)20-18(17)21/h2-10,16H,11-13H2,1H3/b4-2-. The molecule has 3 rings (SSSR count). The van der Waals surface area contributed by atoms with Crippen molar-refractivity contribution in [3.8, 4) is 0 Å². The van der Waals surface area contributed by atoms with Crippen molar-refractivity contribution in [2.75, 3.05) is 19.0 Å². The summed E-state index contributed by atoms with van der Waals surface area (Å²) in [7, 11) is -3.41. The van der Waals surface area contributed by atoms with Crippen molar-refractivity contribution in [3.63, 3.8) is 0 Å². The number of alkyl halides is 1. The van der Waals surface area contributed by atoms with Crippen LogP contribution in [0.15, 0.2) is 59.2 Å². The Bertz CT molecular complexity index is 836. The minimum absolute atomic E-state index is 0.0224. The Balaban J connectivity index is 1.95. The molecule has 6 heteroatoms. The van der Waals surface area contributed by atoms with Gasteiger partial charge in [-0.1, -0.05) is 36.4 Å². The van der Waals surface area contributed by atoms with Crippen LogP contribution in [0.4, 0.5) is 4.39 Å². The highest BCUT2D eigenvalue weighted by Crippen LogP contribution is 2.27. The summed E-state index contributed by atoms with van der Waals surface area (Å²) in [6, 6.07) is 7.52. The number of benzene rings is 1. The van der Waals surface area contributed by atoms with Gasteiger partial charge in [-0.2, -0.15) is 0 Å². The number of sulfonamides is 1. The third-order valence-electron chi connectivity index (χ3n) is 4.10. The molecule has 126 valence electrons. The minimum atomic E-state index is -3.41. The molecule has 1 aromatic rings. The van der Waals surface area contributed by atoms with Crippen molar-refractivity contribution < 1.29 is 12.8 Å². The number of fused-ring (bicyclic) bond motifs is 1. The van der Waals surface area contributed by atoms with Crippen LogP contribution in [0.5, 0.6) is 0 Å². The monoisotopic (exact) mass is 346 g/mol. The Morgan fingerprint density at radius 3 is 2.75 bits per heavy atom. The molecule has 0 radical (unpaired) electrons. The summed E-state index contributed by atoms with van der Waals surface area (Å²) in [5.41, 5.74) is 2.51. The van der Waals surface area contributed by atoms with Gasteiger partial charge < -0.3 is 4.90 Å². The predicted molar refractivity (Wildman–Crippen MR) is 95.0 cm³/mol. The van der Waals surface area contributed by atoms with Crippen LogP contribution >= 0.6 is 0 Å². The zero-order valence-corrected chi connectivity index (χ0v) is 14.2. The molecule has 0 aliphatic carbocycles. The maximum absolute atomic E-state index is 13.1. The van der Waals surface area contributed by atoms with Gasteiger partial charge in [0.2, 0.25) is 0 Å². The second kappa shape index (κ2) is 6.73. The zero-order valence-electron chi connectivity index (χ0n) is 13.4. The van der Waals surface area contributed by atoms with E-state index in [4.69, 9.17) is 0 Å². The van der Waals surface area contributed by atoms with Crippen molar-refractivity contribution in [3.05, 3.63) is 65.9 Å². The highest BCUT2D eigenvalue weighted by Gasteiger charge is 2.27. The number of amidine groups is 1. The lowest BCUT2D eigenvalue weighted by Gasteiger charge is -2.29. The van der Waals surface area contributed by atoms with Crippen LogP contribution in [0.1, 0.15) is 24.0 Å². The van der Waals surface area contributed by atoms with E-state index in [1.54, 1.807) is 0 Å². The van der Waals surface area contributed by atoms with Gasteiger partial charge in [0.15, 0.2) is 5.84 Å². The lowest BCUT2D eigenvalue weighted by molar-refractivity contribution is 0.466. The van der Waals surface area contributed by atoms with Crippen molar-refractivity contribution in [1.82, 2.24) is 4.90 Å². The first-order valence-electron chi connectivity index (χ1n) is 7.81. The van der Waals surface area contributed by atoms with E-state index in [0.717, 1.165) is 16.7 Å². The van der Waals surface area contributed by atoms with Crippen LogP contribution in [0.2, 0.25) is 0 Å². The molecule has 1 atom stereocenters. The molecular weight excluding hydrogens is 327 g/mol. The Morgan fingerprint density at radius 2 is 2.08 bits per heavy atom. The first kappa shape index (κ1) is 16.6. The van der Waals surface area contributed by atoms with Gasteiger partial charge in [0.05, 0.1) is 12.4 Å². The van der Waals surface area contributed by atoms with E-state index < -0.39 is 16.7 Å². The first-order chi connectivity index (χ1) is 11.5. The van der Waals surface area contributed by atoms with Gasteiger partial charge in [0.1, 0.15) is 0 Å². The molecule has 2 heterocycles. The molecule has 1 unspecified atom stereocenters. The highest BCUT2D eigenvalue weighted by molar-refractivity contribution is 7.90. The lowest BCUT2D eigenvalue weighted by atomic mass is 9.95. The van der Waals surface area contributed by atoms with Crippen LogP contribution in [0.25, 0.3) is 5.57 Å². The third-order valence-corrected chi connectivity index (χ3v) is 5.25. The molecule has 0 amide bonds. The molecule has 0 fully saturated rings. The fourth-order valence-electron chi connectivity index (χ4n) is 2.84. The molecule has 0 saturated carbocycles. The first-order valence-corrected chi connectivity index (χ1v) is 9.42. The second-order valence-electron chi connectivity index (χ2n) is 5.72. The van der Waals surface area contributed by atoms with E-state index in [1.807, 2.05) is 66.6 Å². The van der Waals surface area contributed by atoms with E-state index in [1.165, 1.54) is 0 Å². The zero-order chi connectivity index (χ0) is 17.2. The number of halogens is 1. The number of allylic oxidation sites excluding steroid dienone is 4.